The molecule has 1 N–H and O–H groups in total. The van der Waals surface area contributed by atoms with Crippen LogP contribution in [0.1, 0.15) is 25.3 Å². The van der Waals surface area contributed by atoms with Crippen LogP contribution in [0.3, 0.4) is 0 Å². The molecule has 1 aromatic heterocycles. The maximum Gasteiger partial charge on any atom is 0.147 e. The number of nitrogens with zero attached hydrogens (tertiary/aromatic N) is 2. The van der Waals surface area contributed by atoms with Crippen LogP contribution in [0.5, 0.6) is 0 Å². The van der Waals surface area contributed by atoms with E-state index in [-0.39, 0.29) is 0 Å². The maximum atomic E-state index is 4.30. The smallest absolute Gasteiger partial charge is 0.147 e. The quantitative estimate of drug-likeness (QED) is 0.563. The lowest BCUT2D eigenvalue weighted by Gasteiger charge is -2.05. The summed E-state index contributed by atoms with van der Waals surface area (Å²) in [5.41, 5.74) is 1.17. The fourth-order valence-electron chi connectivity index (χ4n) is 1.85. The van der Waals surface area contributed by atoms with Crippen molar-refractivity contribution < 1.29 is 0 Å². The molecule has 0 saturated carbocycles. The Bertz CT molecular complexity index is 539. The van der Waals surface area contributed by atoms with Gasteiger partial charge in [-0.2, -0.15) is 0 Å². The number of halogens is 1. The normalized spacial score (nSPS) is 11.2. The van der Waals surface area contributed by atoms with Crippen LogP contribution in [0.4, 0.5) is 0 Å². The minimum Gasteiger partial charge on any atom is -0.316 e. The molecule has 0 atom stereocenters. The van der Waals surface area contributed by atoms with Gasteiger partial charge in [-0.15, -0.1) is 10.2 Å². The van der Waals surface area contributed by atoms with E-state index < -0.39 is 0 Å². The van der Waals surface area contributed by atoms with Crippen molar-refractivity contribution in [3.63, 3.8) is 0 Å². The Kier molecular flexibility index (Phi) is 6.38. The molecule has 0 radical (unpaired) electrons. The average Bonchev–Trinajstić information content (AvgIpc) is 2.87. The first kappa shape index (κ1) is 15.9. The highest BCUT2D eigenvalue weighted by molar-refractivity contribution is 14.1. The number of hydrogen-bond acceptors (Lipinski definition) is 4. The lowest BCUT2D eigenvalue weighted by Crippen LogP contribution is -2.21. The fourth-order valence-corrected chi connectivity index (χ4v) is 3.27. The molecule has 2 rings (SSSR count). The molecule has 0 aliphatic carbocycles. The van der Waals surface area contributed by atoms with Gasteiger partial charge in [0.2, 0.25) is 0 Å². The van der Waals surface area contributed by atoms with Crippen molar-refractivity contribution in [1.82, 2.24) is 15.5 Å². The number of aryl methyl sites for hydroxylation is 1. The van der Waals surface area contributed by atoms with E-state index in [1.165, 1.54) is 9.13 Å². The molecule has 20 heavy (non-hydrogen) atoms. The zero-order valence-electron chi connectivity index (χ0n) is 11.9. The van der Waals surface area contributed by atoms with Gasteiger partial charge in [0.05, 0.1) is 0 Å². The second-order valence-electron chi connectivity index (χ2n) is 5.21. The summed E-state index contributed by atoms with van der Waals surface area (Å²) >= 11 is 4.03. The van der Waals surface area contributed by atoms with Crippen molar-refractivity contribution in [3.05, 3.63) is 32.8 Å². The topological polar surface area (TPSA) is 37.8 Å². The Balaban J connectivity index is 1.83. The number of rotatable bonds is 7. The first-order valence-corrected chi connectivity index (χ1v) is 8.83. The summed E-state index contributed by atoms with van der Waals surface area (Å²) < 4.78 is 1.23. The summed E-state index contributed by atoms with van der Waals surface area (Å²) in [5, 5.41) is 14.2. The molecule has 0 fully saturated rings. The number of hydrogen-bond donors (Lipinski definition) is 1. The molecule has 0 saturated heterocycles. The lowest BCUT2D eigenvalue weighted by atomic mass is 10.2. The van der Waals surface area contributed by atoms with Crippen molar-refractivity contribution in [3.8, 4) is 10.6 Å². The second-order valence-corrected chi connectivity index (χ2v) is 7.52. The molecule has 0 spiro atoms. The van der Waals surface area contributed by atoms with Gasteiger partial charge in [0, 0.05) is 15.6 Å². The predicted molar refractivity (Wildman–Crippen MR) is 94.1 cm³/mol. The molecular formula is C15H20IN3S. The van der Waals surface area contributed by atoms with E-state index in [2.05, 4.69) is 76.2 Å². The monoisotopic (exact) mass is 401 g/mol. The molecule has 2 aromatic rings. The van der Waals surface area contributed by atoms with Crippen LogP contribution in [0.2, 0.25) is 0 Å². The highest BCUT2D eigenvalue weighted by Crippen LogP contribution is 2.25. The molecule has 5 heteroatoms. The Hall–Kier alpha value is -0.530. The third-order valence-corrected chi connectivity index (χ3v) is 4.54. The van der Waals surface area contributed by atoms with Crippen LogP contribution in [-0.2, 0) is 6.42 Å². The molecule has 108 valence electrons. The predicted octanol–water partition coefficient (Wildman–Crippen LogP) is 3.99. The molecular weight excluding hydrogens is 381 g/mol. The van der Waals surface area contributed by atoms with Gasteiger partial charge in [0.1, 0.15) is 10.0 Å². The molecule has 0 aliphatic rings. The summed E-state index contributed by atoms with van der Waals surface area (Å²) in [6.45, 7) is 6.59. The van der Waals surface area contributed by atoms with Gasteiger partial charge < -0.3 is 5.32 Å². The van der Waals surface area contributed by atoms with Crippen LogP contribution in [-0.4, -0.2) is 23.3 Å². The Morgan fingerprint density at radius 1 is 1.30 bits per heavy atom. The van der Waals surface area contributed by atoms with Gasteiger partial charge in [-0.25, -0.2) is 0 Å². The van der Waals surface area contributed by atoms with E-state index in [1.54, 1.807) is 11.3 Å². The van der Waals surface area contributed by atoms with Crippen molar-refractivity contribution >= 4 is 33.9 Å². The van der Waals surface area contributed by atoms with E-state index in [0.29, 0.717) is 5.92 Å². The fraction of sp³-hybridized carbons (Fsp3) is 0.467. The molecule has 0 unspecified atom stereocenters. The third kappa shape index (κ3) is 5.10. The van der Waals surface area contributed by atoms with Crippen molar-refractivity contribution in [1.29, 1.82) is 0 Å². The zero-order valence-corrected chi connectivity index (χ0v) is 14.9. The molecule has 0 amide bonds. The Morgan fingerprint density at radius 2 is 2.15 bits per heavy atom. The van der Waals surface area contributed by atoms with Gasteiger partial charge in [-0.1, -0.05) is 37.3 Å². The second kappa shape index (κ2) is 8.05. The summed E-state index contributed by atoms with van der Waals surface area (Å²) in [7, 11) is 0. The minimum absolute atomic E-state index is 0.712. The standard InChI is InChI=1S/C15H20IN3S/c1-11(2)10-17-8-4-7-14-18-19-15(20-14)12-5-3-6-13(16)9-12/h3,5-6,9,11,17H,4,7-8,10H2,1-2H3. The van der Waals surface area contributed by atoms with Gasteiger partial charge in [-0.05, 0) is 60.2 Å². The number of aromatic nitrogens is 2. The highest BCUT2D eigenvalue weighted by Gasteiger charge is 2.06. The van der Waals surface area contributed by atoms with E-state index in [9.17, 15) is 0 Å². The van der Waals surface area contributed by atoms with Gasteiger partial charge in [0.25, 0.3) is 0 Å². The van der Waals surface area contributed by atoms with Crippen LogP contribution in [0.15, 0.2) is 24.3 Å². The Morgan fingerprint density at radius 3 is 2.90 bits per heavy atom. The molecule has 1 aromatic carbocycles. The summed E-state index contributed by atoms with van der Waals surface area (Å²) in [5.74, 6) is 0.712. The Labute approximate surface area is 138 Å². The largest absolute Gasteiger partial charge is 0.316 e. The number of nitrogens with one attached hydrogen (secondary N) is 1. The SMILES string of the molecule is CC(C)CNCCCc1nnc(-c2cccc(I)c2)s1. The average molecular weight is 401 g/mol. The van der Waals surface area contributed by atoms with Gasteiger partial charge in [-0.3, -0.25) is 0 Å². The molecule has 3 nitrogen and oxygen atoms in total. The van der Waals surface area contributed by atoms with E-state index in [1.807, 2.05) is 0 Å². The summed E-state index contributed by atoms with van der Waals surface area (Å²) in [4.78, 5) is 0. The van der Waals surface area contributed by atoms with Gasteiger partial charge >= 0.3 is 0 Å². The maximum absolute atomic E-state index is 4.30. The van der Waals surface area contributed by atoms with Crippen molar-refractivity contribution in [2.45, 2.75) is 26.7 Å². The molecule has 0 bridgehead atoms. The zero-order chi connectivity index (χ0) is 14.4. The number of benzene rings is 1. The van der Waals surface area contributed by atoms with E-state index in [0.717, 1.165) is 35.9 Å². The van der Waals surface area contributed by atoms with Crippen LogP contribution in [0, 0.1) is 9.49 Å². The molecule has 1 heterocycles. The first-order valence-electron chi connectivity index (χ1n) is 6.94. The van der Waals surface area contributed by atoms with Crippen molar-refractivity contribution in [2.75, 3.05) is 13.1 Å². The van der Waals surface area contributed by atoms with Gasteiger partial charge in [0.15, 0.2) is 0 Å². The molecule has 0 aliphatic heterocycles. The highest BCUT2D eigenvalue weighted by atomic mass is 127. The van der Waals surface area contributed by atoms with Crippen LogP contribution < -0.4 is 5.32 Å². The van der Waals surface area contributed by atoms with Crippen LogP contribution in [0.25, 0.3) is 10.6 Å². The van der Waals surface area contributed by atoms with Crippen molar-refractivity contribution in [2.24, 2.45) is 5.92 Å². The van der Waals surface area contributed by atoms with E-state index in [4.69, 9.17) is 0 Å². The lowest BCUT2D eigenvalue weighted by molar-refractivity contribution is 0.542. The first-order chi connectivity index (χ1) is 9.65. The van der Waals surface area contributed by atoms with Crippen LogP contribution >= 0.6 is 33.9 Å². The summed E-state index contributed by atoms with van der Waals surface area (Å²) in [6, 6.07) is 8.39. The third-order valence-electron chi connectivity index (χ3n) is 2.84. The summed E-state index contributed by atoms with van der Waals surface area (Å²) in [6.07, 6.45) is 2.13. The van der Waals surface area contributed by atoms with E-state index >= 15 is 0 Å². The minimum atomic E-state index is 0.712.